The second kappa shape index (κ2) is 5.04. The van der Waals surface area contributed by atoms with Crippen LogP contribution in [0.2, 0.25) is 0 Å². The number of aromatic nitrogens is 4. The topological polar surface area (TPSA) is 92.7 Å². The van der Waals surface area contributed by atoms with Gasteiger partial charge >= 0.3 is 0 Å². The van der Waals surface area contributed by atoms with E-state index in [1.807, 2.05) is 0 Å². The number of carbonyl (C=O) groups excluding carboxylic acids is 1. The molecule has 3 rings (SSSR count). The van der Waals surface area contributed by atoms with Crippen molar-refractivity contribution >= 4 is 22.6 Å². The van der Waals surface area contributed by atoms with Crippen LogP contribution in [0.3, 0.4) is 0 Å². The molecule has 0 bridgehead atoms. The van der Waals surface area contributed by atoms with E-state index in [9.17, 15) is 9.59 Å². The molecule has 0 saturated carbocycles. The smallest absolute Gasteiger partial charge is 0.267 e. The Morgan fingerprint density at radius 3 is 3.00 bits per heavy atom. The molecule has 0 radical (unpaired) electrons. The minimum atomic E-state index is -0.300. The van der Waals surface area contributed by atoms with Crippen molar-refractivity contribution in [2.24, 2.45) is 0 Å². The number of nitrogens with zero attached hydrogens (tertiary/aromatic N) is 3. The van der Waals surface area contributed by atoms with Crippen LogP contribution in [0, 0.1) is 0 Å². The quantitative estimate of drug-likeness (QED) is 0.706. The Kier molecular flexibility index (Phi) is 3.07. The lowest BCUT2D eigenvalue weighted by Crippen LogP contribution is -2.10. The molecule has 104 valence electrons. The van der Waals surface area contributed by atoms with E-state index in [-0.39, 0.29) is 11.5 Å². The molecule has 7 nitrogen and oxygen atoms in total. The molecule has 0 unspecified atom stereocenters. The van der Waals surface area contributed by atoms with Crippen molar-refractivity contribution in [3.63, 3.8) is 0 Å². The Balaban J connectivity index is 2.11. The second-order valence-corrected chi connectivity index (χ2v) is 4.29. The van der Waals surface area contributed by atoms with E-state index >= 15 is 0 Å². The summed E-state index contributed by atoms with van der Waals surface area (Å²) in [5.74, 6) is 0.201. The highest BCUT2D eigenvalue weighted by Crippen LogP contribution is 2.20. The lowest BCUT2D eigenvalue weighted by molar-refractivity contribution is -0.111. The zero-order chi connectivity index (χ0) is 14.8. The van der Waals surface area contributed by atoms with Crippen LogP contribution in [0.1, 0.15) is 0 Å². The van der Waals surface area contributed by atoms with Gasteiger partial charge in [-0.25, -0.2) is 4.98 Å². The van der Waals surface area contributed by atoms with Gasteiger partial charge in [0.1, 0.15) is 12.1 Å². The fraction of sp³-hybridized carbons (Fsp3) is 0. The summed E-state index contributed by atoms with van der Waals surface area (Å²) in [6, 6.07) is 5.28. The molecule has 0 aliphatic rings. The zero-order valence-corrected chi connectivity index (χ0v) is 10.9. The number of hydrogen-bond donors (Lipinski definition) is 2. The van der Waals surface area contributed by atoms with Gasteiger partial charge in [-0.1, -0.05) is 6.58 Å². The molecular formula is C14H11N5O2. The SMILES string of the molecule is C=CC(=O)Nc1ccc2ncn(-c3cncc(=O)[nH]3)c2c1. The molecule has 21 heavy (non-hydrogen) atoms. The predicted molar refractivity (Wildman–Crippen MR) is 78.3 cm³/mol. The average Bonchev–Trinajstić information content (AvgIpc) is 2.90. The number of benzene rings is 1. The van der Waals surface area contributed by atoms with E-state index in [1.54, 1.807) is 29.1 Å². The van der Waals surface area contributed by atoms with Crippen molar-refractivity contribution in [2.45, 2.75) is 0 Å². The van der Waals surface area contributed by atoms with Crippen molar-refractivity contribution in [1.82, 2.24) is 19.5 Å². The number of aromatic amines is 1. The van der Waals surface area contributed by atoms with E-state index in [4.69, 9.17) is 0 Å². The van der Waals surface area contributed by atoms with Crippen LogP contribution in [0.15, 0.2) is 54.4 Å². The number of carbonyl (C=O) groups is 1. The molecule has 2 N–H and O–H groups in total. The van der Waals surface area contributed by atoms with Gasteiger partial charge in [0.25, 0.3) is 5.56 Å². The fourth-order valence-electron chi connectivity index (χ4n) is 1.96. The largest absolute Gasteiger partial charge is 0.322 e. The van der Waals surface area contributed by atoms with Gasteiger partial charge in [-0.15, -0.1) is 0 Å². The molecule has 3 aromatic rings. The Bertz CT molecular complexity index is 894. The third kappa shape index (κ3) is 2.44. The third-order valence-corrected chi connectivity index (χ3v) is 2.90. The zero-order valence-electron chi connectivity index (χ0n) is 10.9. The summed E-state index contributed by atoms with van der Waals surface area (Å²) in [5.41, 5.74) is 1.78. The molecule has 0 aliphatic carbocycles. The van der Waals surface area contributed by atoms with Crippen LogP contribution < -0.4 is 10.9 Å². The first-order chi connectivity index (χ1) is 10.2. The molecule has 2 aromatic heterocycles. The Hall–Kier alpha value is -3.22. The van der Waals surface area contributed by atoms with Crippen molar-refractivity contribution in [2.75, 3.05) is 5.32 Å². The van der Waals surface area contributed by atoms with Crippen LogP contribution in [-0.2, 0) is 4.79 Å². The normalized spacial score (nSPS) is 10.5. The van der Waals surface area contributed by atoms with Crippen LogP contribution in [-0.4, -0.2) is 25.4 Å². The van der Waals surface area contributed by atoms with Crippen LogP contribution in [0.5, 0.6) is 0 Å². The van der Waals surface area contributed by atoms with Crippen LogP contribution in [0.4, 0.5) is 5.69 Å². The summed E-state index contributed by atoms with van der Waals surface area (Å²) in [6.07, 6.45) is 5.49. The number of H-pyrrole nitrogens is 1. The molecule has 1 amide bonds. The van der Waals surface area contributed by atoms with Gasteiger partial charge in [0.15, 0.2) is 0 Å². The first-order valence-electron chi connectivity index (χ1n) is 6.12. The number of anilines is 1. The second-order valence-electron chi connectivity index (χ2n) is 4.29. The van der Waals surface area contributed by atoms with E-state index < -0.39 is 0 Å². The van der Waals surface area contributed by atoms with Crippen molar-refractivity contribution in [1.29, 1.82) is 0 Å². The number of amides is 1. The maximum atomic E-state index is 11.4. The van der Waals surface area contributed by atoms with E-state index in [0.29, 0.717) is 11.5 Å². The van der Waals surface area contributed by atoms with Crippen molar-refractivity contribution in [3.05, 3.63) is 59.9 Å². The van der Waals surface area contributed by atoms with Gasteiger partial charge in [0.2, 0.25) is 5.91 Å². The van der Waals surface area contributed by atoms with Gasteiger partial charge in [0.05, 0.1) is 23.4 Å². The molecule has 0 spiro atoms. The highest BCUT2D eigenvalue weighted by atomic mass is 16.1. The maximum absolute atomic E-state index is 11.4. The molecule has 7 heteroatoms. The Labute approximate surface area is 119 Å². The fourth-order valence-corrected chi connectivity index (χ4v) is 1.96. The minimum Gasteiger partial charge on any atom is -0.322 e. The average molecular weight is 281 g/mol. The van der Waals surface area contributed by atoms with Crippen LogP contribution in [0.25, 0.3) is 16.9 Å². The van der Waals surface area contributed by atoms with Gasteiger partial charge < -0.3 is 10.3 Å². The molecule has 1 aromatic carbocycles. The highest BCUT2D eigenvalue weighted by molar-refractivity contribution is 6.00. The number of nitrogens with one attached hydrogen (secondary N) is 2. The lowest BCUT2D eigenvalue weighted by atomic mass is 10.2. The molecule has 0 fully saturated rings. The van der Waals surface area contributed by atoms with Gasteiger partial charge in [-0.2, -0.15) is 0 Å². The first-order valence-corrected chi connectivity index (χ1v) is 6.12. The van der Waals surface area contributed by atoms with Crippen molar-refractivity contribution < 1.29 is 4.79 Å². The molecule has 0 aliphatic heterocycles. The Morgan fingerprint density at radius 1 is 1.38 bits per heavy atom. The monoisotopic (exact) mass is 281 g/mol. The van der Waals surface area contributed by atoms with E-state index in [0.717, 1.165) is 11.0 Å². The standard InChI is InChI=1S/C14H11N5O2/c1-2-13(20)17-9-3-4-10-11(5-9)19(8-16-10)12-6-15-7-14(21)18-12/h2-8H,1H2,(H,17,20)(H,18,21). The molecule has 0 saturated heterocycles. The third-order valence-electron chi connectivity index (χ3n) is 2.90. The maximum Gasteiger partial charge on any atom is 0.267 e. The summed E-state index contributed by atoms with van der Waals surface area (Å²) in [7, 11) is 0. The van der Waals surface area contributed by atoms with E-state index in [2.05, 4.69) is 26.8 Å². The van der Waals surface area contributed by atoms with Gasteiger partial charge in [0, 0.05) is 5.69 Å². The highest BCUT2D eigenvalue weighted by Gasteiger charge is 2.07. The molecule has 2 heterocycles. The summed E-state index contributed by atoms with van der Waals surface area (Å²) in [4.78, 5) is 33.5. The minimum absolute atomic E-state index is 0.296. The molecule has 0 atom stereocenters. The summed E-state index contributed by atoms with van der Waals surface area (Å²) < 4.78 is 1.69. The number of fused-ring (bicyclic) bond motifs is 1. The summed E-state index contributed by atoms with van der Waals surface area (Å²) in [6.45, 7) is 3.41. The van der Waals surface area contributed by atoms with Crippen molar-refractivity contribution in [3.8, 4) is 5.82 Å². The van der Waals surface area contributed by atoms with E-state index in [1.165, 1.54) is 18.5 Å². The first kappa shape index (κ1) is 12.8. The van der Waals surface area contributed by atoms with Gasteiger partial charge in [-0.3, -0.25) is 19.1 Å². The van der Waals surface area contributed by atoms with Crippen LogP contribution >= 0.6 is 0 Å². The number of hydrogen-bond acceptors (Lipinski definition) is 4. The summed E-state index contributed by atoms with van der Waals surface area (Å²) >= 11 is 0. The summed E-state index contributed by atoms with van der Waals surface area (Å²) in [5, 5.41) is 2.68. The number of imidazole rings is 1. The Morgan fingerprint density at radius 2 is 2.24 bits per heavy atom. The van der Waals surface area contributed by atoms with Gasteiger partial charge in [-0.05, 0) is 24.3 Å². The molecular weight excluding hydrogens is 270 g/mol. The predicted octanol–water partition coefficient (Wildman–Crippen LogP) is 1.23. The number of rotatable bonds is 3. The lowest BCUT2D eigenvalue weighted by Gasteiger charge is -2.05.